The van der Waals surface area contributed by atoms with Gasteiger partial charge in [-0.05, 0) is 31.4 Å². The van der Waals surface area contributed by atoms with E-state index in [1.54, 1.807) is 26.2 Å². The lowest BCUT2D eigenvalue weighted by molar-refractivity contribution is -0.127. The summed E-state index contributed by atoms with van der Waals surface area (Å²) < 4.78 is 10.7. The van der Waals surface area contributed by atoms with Crippen LogP contribution in [-0.4, -0.2) is 25.7 Å². The van der Waals surface area contributed by atoms with Gasteiger partial charge in [-0.3, -0.25) is 4.79 Å². The van der Waals surface area contributed by atoms with Crippen LogP contribution < -0.4 is 14.8 Å². The molecule has 0 radical (unpaired) electrons. The Bertz CT molecular complexity index is 404. The number of methoxy groups -OCH3 is 1. The van der Waals surface area contributed by atoms with Crippen molar-refractivity contribution in [2.24, 2.45) is 5.92 Å². The molecule has 1 atom stereocenters. The normalized spacial score (nSPS) is 12.1. The third-order valence-corrected chi connectivity index (χ3v) is 2.74. The Hall–Kier alpha value is -1.71. The lowest BCUT2D eigenvalue weighted by atomic mass is 10.1. The van der Waals surface area contributed by atoms with Crippen LogP contribution in [0.1, 0.15) is 27.2 Å². The molecule has 0 aliphatic rings. The molecule has 0 unspecified atom stereocenters. The molecule has 1 aromatic carbocycles. The number of amides is 1. The standard InChI is InChI=1S/C15H23NO3/c1-11(2)8-9-16-15(17)12(3)19-14-7-5-6-13(10-14)18-4/h5-7,10-12H,8-9H2,1-4H3,(H,16,17)/t12-/m0/s1. The van der Waals surface area contributed by atoms with E-state index in [4.69, 9.17) is 9.47 Å². The second kappa shape index (κ2) is 7.67. The third-order valence-electron chi connectivity index (χ3n) is 2.74. The minimum Gasteiger partial charge on any atom is -0.497 e. The molecule has 1 N–H and O–H groups in total. The molecule has 106 valence electrons. The van der Waals surface area contributed by atoms with Crippen molar-refractivity contribution in [2.45, 2.75) is 33.3 Å². The fourth-order valence-electron chi connectivity index (χ4n) is 1.56. The first kappa shape index (κ1) is 15.3. The van der Waals surface area contributed by atoms with Gasteiger partial charge in [-0.1, -0.05) is 19.9 Å². The summed E-state index contributed by atoms with van der Waals surface area (Å²) >= 11 is 0. The summed E-state index contributed by atoms with van der Waals surface area (Å²) in [5.41, 5.74) is 0. The van der Waals surface area contributed by atoms with Gasteiger partial charge in [0.1, 0.15) is 11.5 Å². The number of carbonyl (C=O) groups excluding carboxylic acids is 1. The number of nitrogens with one attached hydrogen (secondary N) is 1. The highest BCUT2D eigenvalue weighted by Crippen LogP contribution is 2.19. The van der Waals surface area contributed by atoms with E-state index in [1.165, 1.54) is 0 Å². The monoisotopic (exact) mass is 265 g/mol. The molecule has 1 amide bonds. The SMILES string of the molecule is COc1cccc(O[C@@H](C)C(=O)NCCC(C)C)c1. The topological polar surface area (TPSA) is 47.6 Å². The first-order valence-electron chi connectivity index (χ1n) is 6.61. The minimum absolute atomic E-state index is 0.0940. The highest BCUT2D eigenvalue weighted by Gasteiger charge is 2.14. The smallest absolute Gasteiger partial charge is 0.260 e. The van der Waals surface area contributed by atoms with Gasteiger partial charge >= 0.3 is 0 Å². The van der Waals surface area contributed by atoms with Crippen molar-refractivity contribution in [1.82, 2.24) is 5.32 Å². The number of rotatable bonds is 7. The fraction of sp³-hybridized carbons (Fsp3) is 0.533. The maximum atomic E-state index is 11.8. The fourth-order valence-corrected chi connectivity index (χ4v) is 1.56. The van der Waals surface area contributed by atoms with E-state index in [0.717, 1.165) is 6.42 Å². The number of ether oxygens (including phenoxy) is 2. The Morgan fingerprint density at radius 1 is 1.26 bits per heavy atom. The second-order valence-electron chi connectivity index (χ2n) is 4.91. The maximum Gasteiger partial charge on any atom is 0.260 e. The van der Waals surface area contributed by atoms with E-state index in [0.29, 0.717) is 24.0 Å². The molecule has 0 fully saturated rings. The van der Waals surface area contributed by atoms with Gasteiger partial charge in [0.15, 0.2) is 6.10 Å². The molecule has 0 saturated carbocycles. The third kappa shape index (κ3) is 5.64. The molecule has 0 heterocycles. The highest BCUT2D eigenvalue weighted by atomic mass is 16.5. The summed E-state index contributed by atoms with van der Waals surface area (Å²) in [7, 11) is 1.60. The van der Waals surface area contributed by atoms with Gasteiger partial charge in [0.25, 0.3) is 5.91 Å². The molecule has 0 aliphatic carbocycles. The van der Waals surface area contributed by atoms with E-state index < -0.39 is 6.10 Å². The average molecular weight is 265 g/mol. The van der Waals surface area contributed by atoms with Crippen molar-refractivity contribution in [1.29, 1.82) is 0 Å². The van der Waals surface area contributed by atoms with Gasteiger partial charge in [-0.25, -0.2) is 0 Å². The molecule has 1 rings (SSSR count). The first-order valence-corrected chi connectivity index (χ1v) is 6.61. The number of hydrogen-bond acceptors (Lipinski definition) is 3. The largest absolute Gasteiger partial charge is 0.497 e. The molecule has 0 spiro atoms. The molecule has 4 heteroatoms. The Morgan fingerprint density at radius 2 is 1.95 bits per heavy atom. The lowest BCUT2D eigenvalue weighted by Gasteiger charge is -2.15. The summed E-state index contributed by atoms with van der Waals surface area (Å²) in [6, 6.07) is 7.23. The minimum atomic E-state index is -0.515. The van der Waals surface area contributed by atoms with Crippen LogP contribution in [0.5, 0.6) is 11.5 Å². The van der Waals surface area contributed by atoms with Crippen molar-refractivity contribution in [3.8, 4) is 11.5 Å². The quantitative estimate of drug-likeness (QED) is 0.824. The summed E-state index contributed by atoms with van der Waals surface area (Å²) in [6.07, 6.45) is 0.455. The number of benzene rings is 1. The van der Waals surface area contributed by atoms with Crippen molar-refractivity contribution < 1.29 is 14.3 Å². The van der Waals surface area contributed by atoms with Gasteiger partial charge < -0.3 is 14.8 Å². The van der Waals surface area contributed by atoms with Crippen molar-refractivity contribution in [2.75, 3.05) is 13.7 Å². The Labute approximate surface area is 115 Å². The van der Waals surface area contributed by atoms with Gasteiger partial charge in [0, 0.05) is 12.6 Å². The van der Waals surface area contributed by atoms with Crippen molar-refractivity contribution in [3.05, 3.63) is 24.3 Å². The predicted octanol–water partition coefficient (Wildman–Crippen LogP) is 2.62. The molecule has 1 aromatic rings. The van der Waals surface area contributed by atoms with Gasteiger partial charge in [0.05, 0.1) is 7.11 Å². The van der Waals surface area contributed by atoms with E-state index in [-0.39, 0.29) is 5.91 Å². The van der Waals surface area contributed by atoms with Crippen molar-refractivity contribution in [3.63, 3.8) is 0 Å². The van der Waals surface area contributed by atoms with E-state index in [9.17, 15) is 4.79 Å². The van der Waals surface area contributed by atoms with Crippen LogP contribution in [0.4, 0.5) is 0 Å². The van der Waals surface area contributed by atoms with Crippen LogP contribution >= 0.6 is 0 Å². The molecule has 4 nitrogen and oxygen atoms in total. The summed E-state index contributed by atoms with van der Waals surface area (Å²) in [5.74, 6) is 1.83. The zero-order chi connectivity index (χ0) is 14.3. The zero-order valence-corrected chi connectivity index (χ0v) is 12.1. The van der Waals surface area contributed by atoms with Crippen LogP contribution in [-0.2, 0) is 4.79 Å². The molecule has 0 aliphatic heterocycles. The molecular weight excluding hydrogens is 242 g/mol. The Balaban J connectivity index is 2.44. The molecule has 19 heavy (non-hydrogen) atoms. The number of hydrogen-bond donors (Lipinski definition) is 1. The first-order chi connectivity index (χ1) is 9.02. The second-order valence-corrected chi connectivity index (χ2v) is 4.91. The summed E-state index contributed by atoms with van der Waals surface area (Å²) in [5, 5.41) is 2.87. The van der Waals surface area contributed by atoms with Crippen LogP contribution in [0, 0.1) is 5.92 Å². The lowest BCUT2D eigenvalue weighted by Crippen LogP contribution is -2.37. The van der Waals surface area contributed by atoms with Crippen molar-refractivity contribution >= 4 is 5.91 Å². The van der Waals surface area contributed by atoms with E-state index in [2.05, 4.69) is 19.2 Å². The van der Waals surface area contributed by atoms with E-state index >= 15 is 0 Å². The average Bonchev–Trinajstić information content (AvgIpc) is 2.38. The van der Waals surface area contributed by atoms with Crippen LogP contribution in [0.25, 0.3) is 0 Å². The molecule has 0 bridgehead atoms. The van der Waals surface area contributed by atoms with Gasteiger partial charge in [0.2, 0.25) is 0 Å². The van der Waals surface area contributed by atoms with Gasteiger partial charge in [-0.2, -0.15) is 0 Å². The molecule has 0 aromatic heterocycles. The summed E-state index contributed by atoms with van der Waals surface area (Å²) in [4.78, 5) is 11.8. The van der Waals surface area contributed by atoms with Crippen LogP contribution in [0.3, 0.4) is 0 Å². The molecule has 0 saturated heterocycles. The Morgan fingerprint density at radius 3 is 2.58 bits per heavy atom. The highest BCUT2D eigenvalue weighted by molar-refractivity contribution is 5.80. The van der Waals surface area contributed by atoms with Gasteiger partial charge in [-0.15, -0.1) is 0 Å². The van der Waals surface area contributed by atoms with Crippen LogP contribution in [0.15, 0.2) is 24.3 Å². The number of carbonyl (C=O) groups is 1. The Kier molecular flexibility index (Phi) is 6.19. The maximum absolute atomic E-state index is 11.8. The summed E-state index contributed by atoms with van der Waals surface area (Å²) in [6.45, 7) is 6.68. The van der Waals surface area contributed by atoms with Crippen LogP contribution in [0.2, 0.25) is 0 Å². The predicted molar refractivity (Wildman–Crippen MR) is 75.5 cm³/mol. The van der Waals surface area contributed by atoms with E-state index in [1.807, 2.05) is 12.1 Å². The zero-order valence-electron chi connectivity index (χ0n) is 12.1. The molecular formula is C15H23NO3.